The fourth-order valence-corrected chi connectivity index (χ4v) is 3.37. The van der Waals surface area contributed by atoms with E-state index in [1.165, 1.54) is 31.4 Å². The number of methoxy groups -OCH3 is 1. The second-order valence-electron chi connectivity index (χ2n) is 8.02. The third-order valence-corrected chi connectivity index (χ3v) is 5.66. The molecular weight excluding hydrogens is 424 g/mol. The predicted molar refractivity (Wildman–Crippen MR) is 122 cm³/mol. The maximum absolute atomic E-state index is 12.7. The molecule has 0 aliphatic carbocycles. The number of carbonyl (C=O) groups is 4. The summed E-state index contributed by atoms with van der Waals surface area (Å²) in [5, 5.41) is 3.16. The second kappa shape index (κ2) is 10.9. The second-order valence-corrected chi connectivity index (χ2v) is 8.02. The summed E-state index contributed by atoms with van der Waals surface area (Å²) in [5.41, 5.74) is 1.01. The maximum atomic E-state index is 12.7. The van der Waals surface area contributed by atoms with Crippen molar-refractivity contribution in [3.05, 3.63) is 59.7 Å². The molecule has 1 aliphatic rings. The molecule has 0 spiro atoms. The number of anilines is 1. The monoisotopic (exact) mass is 452 g/mol. The molecule has 0 radical (unpaired) electrons. The van der Waals surface area contributed by atoms with E-state index in [9.17, 15) is 19.2 Å². The van der Waals surface area contributed by atoms with E-state index in [1.807, 2.05) is 0 Å². The van der Waals surface area contributed by atoms with Crippen molar-refractivity contribution in [2.45, 2.75) is 32.7 Å². The summed E-state index contributed by atoms with van der Waals surface area (Å²) in [6, 6.07) is 11.9. The van der Waals surface area contributed by atoms with Gasteiger partial charge in [-0.3, -0.25) is 14.4 Å². The normalized spacial score (nSPS) is 16.6. The van der Waals surface area contributed by atoms with Crippen LogP contribution in [0.5, 0.6) is 5.75 Å². The molecule has 33 heavy (non-hydrogen) atoms. The summed E-state index contributed by atoms with van der Waals surface area (Å²) >= 11 is 0. The standard InChI is InChI=1S/C25H28N2O6/c1-4-16(2)14-26-21-13-23(29)27(24(21)30)19-9-5-18(6-10-19)25(31)33-15-22(28)17-7-11-20(32-3)12-8-17/h5-12,16,21,26H,4,13-15H2,1-3H3. The number of nitrogens with one attached hydrogen (secondary N) is 1. The number of amides is 2. The molecule has 1 saturated heterocycles. The van der Waals surface area contributed by atoms with Gasteiger partial charge in [-0.05, 0) is 61.0 Å². The average Bonchev–Trinajstić information content (AvgIpc) is 3.13. The topological polar surface area (TPSA) is 102 Å². The van der Waals surface area contributed by atoms with E-state index in [1.54, 1.807) is 24.3 Å². The first-order chi connectivity index (χ1) is 15.8. The van der Waals surface area contributed by atoms with Gasteiger partial charge in [0.25, 0.3) is 5.91 Å². The van der Waals surface area contributed by atoms with Gasteiger partial charge in [-0.15, -0.1) is 0 Å². The lowest BCUT2D eigenvalue weighted by molar-refractivity contribution is -0.121. The van der Waals surface area contributed by atoms with E-state index < -0.39 is 18.6 Å². The van der Waals surface area contributed by atoms with Gasteiger partial charge < -0.3 is 14.8 Å². The van der Waals surface area contributed by atoms with Crippen LogP contribution < -0.4 is 15.0 Å². The minimum atomic E-state index is -0.671. The fourth-order valence-electron chi connectivity index (χ4n) is 3.37. The molecule has 2 aromatic rings. The third kappa shape index (κ3) is 5.84. The largest absolute Gasteiger partial charge is 0.497 e. The summed E-state index contributed by atoms with van der Waals surface area (Å²) in [6.07, 6.45) is 1.08. The molecule has 0 saturated carbocycles. The highest BCUT2D eigenvalue weighted by Crippen LogP contribution is 2.24. The first kappa shape index (κ1) is 24.1. The zero-order chi connectivity index (χ0) is 24.0. The van der Waals surface area contributed by atoms with Gasteiger partial charge in [0.2, 0.25) is 5.91 Å². The van der Waals surface area contributed by atoms with Crippen molar-refractivity contribution < 1.29 is 28.7 Å². The third-order valence-electron chi connectivity index (χ3n) is 5.66. The highest BCUT2D eigenvalue weighted by molar-refractivity contribution is 6.22. The van der Waals surface area contributed by atoms with E-state index in [2.05, 4.69) is 19.2 Å². The zero-order valence-electron chi connectivity index (χ0n) is 19.0. The summed E-state index contributed by atoms with van der Waals surface area (Å²) < 4.78 is 10.2. The Balaban J connectivity index is 1.57. The van der Waals surface area contributed by atoms with Crippen LogP contribution in [-0.4, -0.2) is 49.9 Å². The van der Waals surface area contributed by atoms with Crippen LogP contribution in [0.25, 0.3) is 0 Å². The Bertz CT molecular complexity index is 1020. The molecule has 2 unspecified atom stereocenters. The Hall–Kier alpha value is -3.52. The number of nitrogens with zero attached hydrogens (tertiary/aromatic N) is 1. The molecule has 1 N–H and O–H groups in total. The van der Waals surface area contributed by atoms with Gasteiger partial charge in [-0.25, -0.2) is 9.69 Å². The van der Waals surface area contributed by atoms with Gasteiger partial charge in [-0.2, -0.15) is 0 Å². The van der Waals surface area contributed by atoms with Crippen LogP contribution in [0.2, 0.25) is 0 Å². The minimum Gasteiger partial charge on any atom is -0.497 e. The number of ether oxygens (including phenoxy) is 2. The van der Waals surface area contributed by atoms with Gasteiger partial charge >= 0.3 is 5.97 Å². The number of hydrogen-bond donors (Lipinski definition) is 1. The number of carbonyl (C=O) groups excluding carboxylic acids is 4. The van der Waals surface area contributed by atoms with Gasteiger partial charge in [0.1, 0.15) is 5.75 Å². The molecule has 174 valence electrons. The van der Waals surface area contributed by atoms with Crippen LogP contribution in [0.15, 0.2) is 48.5 Å². The van der Waals surface area contributed by atoms with Crippen molar-refractivity contribution >= 4 is 29.3 Å². The fraction of sp³-hybridized carbons (Fsp3) is 0.360. The molecule has 2 aromatic carbocycles. The number of hydrogen-bond acceptors (Lipinski definition) is 7. The lowest BCUT2D eigenvalue weighted by Gasteiger charge is -2.17. The van der Waals surface area contributed by atoms with Crippen LogP contribution in [0.1, 0.15) is 47.4 Å². The molecule has 0 bridgehead atoms. The molecule has 2 amide bonds. The SMILES string of the molecule is CCC(C)CNC1CC(=O)N(c2ccc(C(=O)OCC(=O)c3ccc(OC)cc3)cc2)C1=O. The van der Waals surface area contributed by atoms with Gasteiger partial charge in [0.05, 0.1) is 30.8 Å². The number of benzene rings is 2. The van der Waals surface area contributed by atoms with Crippen LogP contribution >= 0.6 is 0 Å². The Morgan fingerprint density at radius 2 is 1.70 bits per heavy atom. The molecule has 1 heterocycles. The van der Waals surface area contributed by atoms with Crippen molar-refractivity contribution in [2.24, 2.45) is 5.92 Å². The lowest BCUT2D eigenvalue weighted by atomic mass is 10.1. The van der Waals surface area contributed by atoms with E-state index in [-0.39, 0.29) is 29.6 Å². The van der Waals surface area contributed by atoms with Crippen molar-refractivity contribution in [1.82, 2.24) is 5.32 Å². The van der Waals surface area contributed by atoms with E-state index >= 15 is 0 Å². The molecule has 3 rings (SSSR count). The number of imide groups is 1. The minimum absolute atomic E-state index is 0.104. The number of Topliss-reactive ketones (excluding diaryl/α,β-unsaturated/α-hetero) is 1. The molecule has 0 aromatic heterocycles. The van der Waals surface area contributed by atoms with Gasteiger partial charge in [0.15, 0.2) is 12.4 Å². The maximum Gasteiger partial charge on any atom is 0.338 e. The Morgan fingerprint density at radius 1 is 1.06 bits per heavy atom. The van der Waals surface area contributed by atoms with E-state index in [0.717, 1.165) is 11.3 Å². The van der Waals surface area contributed by atoms with Gasteiger partial charge in [0, 0.05) is 5.56 Å². The van der Waals surface area contributed by atoms with Gasteiger partial charge in [-0.1, -0.05) is 20.3 Å². The quantitative estimate of drug-likeness (QED) is 0.336. The summed E-state index contributed by atoms with van der Waals surface area (Å²) in [7, 11) is 1.53. The van der Waals surface area contributed by atoms with Crippen molar-refractivity contribution in [1.29, 1.82) is 0 Å². The zero-order valence-corrected chi connectivity index (χ0v) is 19.0. The molecule has 8 nitrogen and oxygen atoms in total. The summed E-state index contributed by atoms with van der Waals surface area (Å²) in [4.78, 5) is 50.8. The first-order valence-electron chi connectivity index (χ1n) is 10.9. The highest BCUT2D eigenvalue weighted by Gasteiger charge is 2.39. The number of ketones is 1. The summed E-state index contributed by atoms with van der Waals surface area (Å²) in [5.74, 6) is -0.576. The van der Waals surface area contributed by atoms with Crippen molar-refractivity contribution in [3.8, 4) is 5.75 Å². The smallest absolute Gasteiger partial charge is 0.338 e. The molecule has 1 fully saturated rings. The molecule has 8 heteroatoms. The lowest BCUT2D eigenvalue weighted by Crippen LogP contribution is -2.40. The Kier molecular flexibility index (Phi) is 7.95. The first-order valence-corrected chi connectivity index (χ1v) is 10.9. The Labute approximate surface area is 192 Å². The molecule has 2 atom stereocenters. The highest BCUT2D eigenvalue weighted by atomic mass is 16.5. The Morgan fingerprint density at radius 3 is 2.30 bits per heavy atom. The molecular formula is C25H28N2O6. The van der Waals surface area contributed by atoms with E-state index in [4.69, 9.17) is 9.47 Å². The van der Waals surface area contributed by atoms with Crippen molar-refractivity contribution in [3.63, 3.8) is 0 Å². The van der Waals surface area contributed by atoms with Crippen LogP contribution in [0, 0.1) is 5.92 Å². The van der Waals surface area contributed by atoms with Crippen LogP contribution in [-0.2, 0) is 14.3 Å². The number of esters is 1. The van der Waals surface area contributed by atoms with Crippen molar-refractivity contribution in [2.75, 3.05) is 25.2 Å². The predicted octanol–water partition coefficient (Wildman–Crippen LogP) is 3.00. The molecule has 1 aliphatic heterocycles. The van der Waals surface area contributed by atoms with Crippen LogP contribution in [0.3, 0.4) is 0 Å². The average molecular weight is 453 g/mol. The summed E-state index contributed by atoms with van der Waals surface area (Å²) in [6.45, 7) is 4.41. The van der Waals surface area contributed by atoms with E-state index in [0.29, 0.717) is 29.5 Å². The number of rotatable bonds is 10. The van der Waals surface area contributed by atoms with Crippen LogP contribution in [0.4, 0.5) is 5.69 Å².